The summed E-state index contributed by atoms with van der Waals surface area (Å²) in [6.07, 6.45) is 6.29. The van der Waals surface area contributed by atoms with Crippen molar-refractivity contribution in [2.75, 3.05) is 20.2 Å². The zero-order chi connectivity index (χ0) is 31.1. The van der Waals surface area contributed by atoms with Crippen molar-refractivity contribution in [1.82, 2.24) is 20.5 Å². The van der Waals surface area contributed by atoms with Crippen molar-refractivity contribution in [2.24, 2.45) is 17.6 Å². The number of hydrogen-bond acceptors (Lipinski definition) is 6. The molecule has 0 bridgehead atoms. The highest BCUT2D eigenvalue weighted by atomic mass is 16.5. The summed E-state index contributed by atoms with van der Waals surface area (Å²) in [6, 6.07) is 19.7. The lowest BCUT2D eigenvalue weighted by Gasteiger charge is -2.46. The highest BCUT2D eigenvalue weighted by Crippen LogP contribution is 2.38. The van der Waals surface area contributed by atoms with Gasteiger partial charge in [-0.1, -0.05) is 73.9 Å². The van der Waals surface area contributed by atoms with E-state index in [2.05, 4.69) is 27.4 Å². The number of methoxy groups -OCH3 is 1. The molecule has 1 aliphatic carbocycles. The first-order valence-electron chi connectivity index (χ1n) is 15.9. The van der Waals surface area contributed by atoms with E-state index in [1.807, 2.05) is 54.6 Å². The van der Waals surface area contributed by atoms with Crippen molar-refractivity contribution in [2.45, 2.75) is 76.1 Å². The molecule has 2 fully saturated rings. The number of pyridine rings is 1. The second-order valence-electron chi connectivity index (χ2n) is 12.5. The maximum atomic E-state index is 13.8. The Morgan fingerprint density at radius 1 is 0.977 bits per heavy atom. The average molecular weight is 600 g/mol. The molecule has 1 aliphatic heterocycles. The topological polar surface area (TPSA) is 127 Å². The van der Waals surface area contributed by atoms with Gasteiger partial charge in [-0.25, -0.2) is 4.98 Å². The summed E-state index contributed by atoms with van der Waals surface area (Å²) in [4.78, 5) is 46.0. The smallest absolute Gasteiger partial charge is 0.270 e. The summed E-state index contributed by atoms with van der Waals surface area (Å²) in [7, 11) is 1.68. The number of piperidine rings is 1. The number of ether oxygens (including phenoxy) is 1. The number of likely N-dealkylation sites (tertiary alicyclic amines) is 1. The van der Waals surface area contributed by atoms with Crippen LogP contribution in [0, 0.1) is 11.8 Å². The van der Waals surface area contributed by atoms with Crippen LogP contribution in [0.1, 0.15) is 61.5 Å². The number of hydrogen-bond donors (Lipinski definition) is 3. The van der Waals surface area contributed by atoms with Crippen LogP contribution in [0.4, 0.5) is 0 Å². The van der Waals surface area contributed by atoms with Crippen LogP contribution in [-0.2, 0) is 20.7 Å². The van der Waals surface area contributed by atoms with Crippen LogP contribution in [0.2, 0.25) is 0 Å². The Hall–Kier alpha value is -3.82. The average Bonchev–Trinajstić information content (AvgIpc) is 3.03. The van der Waals surface area contributed by atoms with Gasteiger partial charge in [0, 0.05) is 31.6 Å². The van der Waals surface area contributed by atoms with Gasteiger partial charge in [-0.2, -0.15) is 0 Å². The predicted octanol–water partition coefficient (Wildman–Crippen LogP) is 3.85. The number of nitrogens with one attached hydrogen (secondary N) is 2. The van der Waals surface area contributed by atoms with Gasteiger partial charge < -0.3 is 21.1 Å². The molecule has 3 amide bonds. The Bertz CT molecular complexity index is 1430. The summed E-state index contributed by atoms with van der Waals surface area (Å²) in [5, 5.41) is 6.74. The second kappa shape index (κ2) is 14.8. The van der Waals surface area contributed by atoms with Gasteiger partial charge in [-0.3, -0.25) is 19.3 Å². The Morgan fingerprint density at radius 2 is 1.70 bits per heavy atom. The van der Waals surface area contributed by atoms with Gasteiger partial charge in [0.15, 0.2) is 0 Å². The molecule has 5 rings (SSSR count). The molecule has 3 aromatic rings. The number of fused-ring (bicyclic) bond motifs is 2. The SMILES string of the molecule is COC(CN1CC2CCCCC2CC1C)C(Cc1ccccc1)NC(=O)[C@H](CC(N)=O)NC(=O)c1ccc2ccccc2n1. The number of para-hydroxylation sites is 1. The third kappa shape index (κ3) is 8.01. The zero-order valence-corrected chi connectivity index (χ0v) is 25.8. The third-order valence-electron chi connectivity index (χ3n) is 9.45. The molecule has 4 N–H and O–H groups in total. The molecule has 2 aliphatic rings. The van der Waals surface area contributed by atoms with Crippen LogP contribution in [0.15, 0.2) is 66.7 Å². The van der Waals surface area contributed by atoms with Gasteiger partial charge in [-0.15, -0.1) is 0 Å². The van der Waals surface area contributed by atoms with E-state index in [0.717, 1.165) is 23.4 Å². The summed E-state index contributed by atoms with van der Waals surface area (Å²) in [5.41, 5.74) is 7.40. The predicted molar refractivity (Wildman–Crippen MR) is 171 cm³/mol. The van der Waals surface area contributed by atoms with Gasteiger partial charge in [0.05, 0.1) is 24.1 Å². The highest BCUT2D eigenvalue weighted by molar-refractivity contribution is 5.99. The second-order valence-corrected chi connectivity index (χ2v) is 12.5. The normalized spacial score (nSPS) is 22.4. The Labute approximate surface area is 259 Å². The molecule has 6 atom stereocenters. The summed E-state index contributed by atoms with van der Waals surface area (Å²) in [5.74, 6) is -0.224. The number of primary amides is 1. The Balaban J connectivity index is 1.33. The fourth-order valence-electron chi connectivity index (χ4n) is 7.02. The van der Waals surface area contributed by atoms with E-state index in [-0.39, 0.29) is 18.2 Å². The van der Waals surface area contributed by atoms with Gasteiger partial charge in [0.25, 0.3) is 5.91 Å². The van der Waals surface area contributed by atoms with Gasteiger partial charge in [0.2, 0.25) is 11.8 Å². The molecular formula is C35H45N5O4. The number of carbonyl (C=O) groups is 3. The number of amides is 3. The number of benzene rings is 2. The van der Waals surface area contributed by atoms with Crippen LogP contribution in [-0.4, -0.2) is 72.0 Å². The first kappa shape index (κ1) is 31.6. The summed E-state index contributed by atoms with van der Waals surface area (Å²) < 4.78 is 6.08. The van der Waals surface area contributed by atoms with E-state index >= 15 is 0 Å². The monoisotopic (exact) mass is 599 g/mol. The van der Waals surface area contributed by atoms with E-state index in [4.69, 9.17) is 10.5 Å². The van der Waals surface area contributed by atoms with Crippen LogP contribution < -0.4 is 16.4 Å². The molecule has 9 heteroatoms. The minimum absolute atomic E-state index is 0.154. The number of nitrogens with zero attached hydrogens (tertiary/aromatic N) is 2. The quantitative estimate of drug-likeness (QED) is 0.290. The van der Waals surface area contributed by atoms with Crippen molar-refractivity contribution < 1.29 is 19.1 Å². The maximum Gasteiger partial charge on any atom is 0.270 e. The minimum Gasteiger partial charge on any atom is -0.378 e. The van der Waals surface area contributed by atoms with Crippen LogP contribution in [0.3, 0.4) is 0 Å². The lowest BCUT2D eigenvalue weighted by atomic mass is 9.73. The molecule has 2 heterocycles. The van der Waals surface area contributed by atoms with E-state index in [0.29, 0.717) is 30.4 Å². The molecule has 1 saturated heterocycles. The first-order chi connectivity index (χ1) is 21.3. The standard InChI is InChI=1S/C35H45N5O4/c1-23-18-26-13-6-7-14-27(26)21-40(23)22-32(44-2)30(19-24-10-4-3-5-11-24)38-35(43)31(20-33(36)41)39-34(42)29-17-16-25-12-8-9-15-28(25)37-29/h3-5,8-12,15-17,23,26-27,30-32H,6-7,13-14,18-22H2,1-2H3,(H2,36,41)(H,38,43)(H,39,42)/t23?,26?,27?,30?,31-,32?/m0/s1. The Kier molecular flexibility index (Phi) is 10.6. The fourth-order valence-corrected chi connectivity index (χ4v) is 7.02. The molecule has 44 heavy (non-hydrogen) atoms. The molecule has 234 valence electrons. The van der Waals surface area contributed by atoms with E-state index < -0.39 is 29.8 Å². The van der Waals surface area contributed by atoms with Crippen LogP contribution in [0.25, 0.3) is 10.9 Å². The third-order valence-corrected chi connectivity index (χ3v) is 9.45. The largest absolute Gasteiger partial charge is 0.378 e. The van der Waals surface area contributed by atoms with Gasteiger partial charge >= 0.3 is 0 Å². The van der Waals surface area contributed by atoms with Crippen molar-refractivity contribution in [1.29, 1.82) is 0 Å². The molecule has 2 aromatic carbocycles. The molecule has 5 unspecified atom stereocenters. The van der Waals surface area contributed by atoms with E-state index in [9.17, 15) is 14.4 Å². The minimum atomic E-state index is -1.17. The van der Waals surface area contributed by atoms with Crippen molar-refractivity contribution >= 4 is 28.6 Å². The molecular weight excluding hydrogens is 554 g/mol. The lowest BCUT2D eigenvalue weighted by molar-refractivity contribution is -0.128. The van der Waals surface area contributed by atoms with Crippen molar-refractivity contribution in [3.8, 4) is 0 Å². The fraction of sp³-hybridized carbons (Fsp3) is 0.486. The van der Waals surface area contributed by atoms with Gasteiger partial charge in [0.1, 0.15) is 11.7 Å². The Morgan fingerprint density at radius 3 is 2.45 bits per heavy atom. The summed E-state index contributed by atoms with van der Waals surface area (Å²) >= 11 is 0. The molecule has 1 aromatic heterocycles. The number of aromatic nitrogens is 1. The first-order valence-corrected chi connectivity index (χ1v) is 15.9. The van der Waals surface area contributed by atoms with Crippen LogP contribution >= 0.6 is 0 Å². The number of carbonyl (C=O) groups excluding carboxylic acids is 3. The van der Waals surface area contributed by atoms with E-state index in [1.165, 1.54) is 32.1 Å². The van der Waals surface area contributed by atoms with Crippen LogP contribution in [0.5, 0.6) is 0 Å². The zero-order valence-electron chi connectivity index (χ0n) is 25.8. The molecule has 0 spiro atoms. The molecule has 9 nitrogen and oxygen atoms in total. The maximum absolute atomic E-state index is 13.8. The lowest BCUT2D eigenvalue weighted by Crippen LogP contribution is -2.58. The molecule has 0 radical (unpaired) electrons. The van der Waals surface area contributed by atoms with E-state index in [1.54, 1.807) is 19.2 Å². The summed E-state index contributed by atoms with van der Waals surface area (Å²) in [6.45, 7) is 4.00. The van der Waals surface area contributed by atoms with Gasteiger partial charge in [-0.05, 0) is 55.7 Å². The highest BCUT2D eigenvalue weighted by Gasteiger charge is 2.37. The van der Waals surface area contributed by atoms with Crippen molar-refractivity contribution in [3.05, 3.63) is 78.0 Å². The number of nitrogens with two attached hydrogens (primary N) is 1. The van der Waals surface area contributed by atoms with Crippen molar-refractivity contribution in [3.63, 3.8) is 0 Å². The number of rotatable bonds is 12. The molecule has 1 saturated carbocycles.